The fourth-order valence-electron chi connectivity index (χ4n) is 2.02. The smallest absolute Gasteiger partial charge is 0.139 e. The number of nitrogens with two attached hydrogens (primary N) is 1. The SMILES string of the molecule is CC1(C)C(O)CC1Nc1cc(Br)c(F)cc1N. The second kappa shape index (κ2) is 4.14. The van der Waals surface area contributed by atoms with Gasteiger partial charge >= 0.3 is 0 Å². The average Bonchev–Trinajstić information content (AvgIpc) is 2.25. The highest BCUT2D eigenvalue weighted by molar-refractivity contribution is 9.10. The molecule has 2 rings (SSSR count). The molecule has 17 heavy (non-hydrogen) atoms. The van der Waals surface area contributed by atoms with Crippen molar-refractivity contribution in [3.8, 4) is 0 Å². The van der Waals surface area contributed by atoms with Crippen molar-refractivity contribution in [2.45, 2.75) is 32.4 Å². The lowest BCUT2D eigenvalue weighted by molar-refractivity contribution is -0.0510. The Morgan fingerprint density at radius 2 is 2.18 bits per heavy atom. The summed E-state index contributed by atoms with van der Waals surface area (Å²) in [5.74, 6) is -0.374. The Bertz CT molecular complexity index is 450. The van der Waals surface area contributed by atoms with Gasteiger partial charge < -0.3 is 16.2 Å². The summed E-state index contributed by atoms with van der Waals surface area (Å²) in [6.07, 6.45) is 0.381. The van der Waals surface area contributed by atoms with E-state index in [0.29, 0.717) is 22.3 Å². The van der Waals surface area contributed by atoms with Crippen LogP contribution in [0.1, 0.15) is 20.3 Å². The molecule has 5 heteroatoms. The van der Waals surface area contributed by atoms with Crippen LogP contribution in [0.15, 0.2) is 16.6 Å². The van der Waals surface area contributed by atoms with Gasteiger partial charge in [-0.1, -0.05) is 13.8 Å². The van der Waals surface area contributed by atoms with Gasteiger partial charge in [0, 0.05) is 17.5 Å². The number of nitrogens with one attached hydrogen (secondary N) is 1. The van der Waals surface area contributed by atoms with E-state index in [4.69, 9.17) is 5.73 Å². The standard InChI is InChI=1S/C12H16BrFN2O/c1-12(2)10(5-11(12)17)16-9-3-6(13)7(14)4-8(9)15/h3-4,10-11,16-17H,5,15H2,1-2H3. The quantitative estimate of drug-likeness (QED) is 0.736. The monoisotopic (exact) mass is 302 g/mol. The molecule has 0 spiro atoms. The topological polar surface area (TPSA) is 58.3 Å². The first-order valence-electron chi connectivity index (χ1n) is 5.51. The highest BCUT2D eigenvalue weighted by Crippen LogP contribution is 2.43. The van der Waals surface area contributed by atoms with Gasteiger partial charge in [-0.3, -0.25) is 0 Å². The largest absolute Gasteiger partial charge is 0.397 e. The van der Waals surface area contributed by atoms with E-state index in [1.807, 2.05) is 13.8 Å². The van der Waals surface area contributed by atoms with Crippen LogP contribution in [0.4, 0.5) is 15.8 Å². The van der Waals surface area contributed by atoms with Gasteiger partial charge in [-0.2, -0.15) is 0 Å². The summed E-state index contributed by atoms with van der Waals surface area (Å²) < 4.78 is 13.6. The van der Waals surface area contributed by atoms with Crippen molar-refractivity contribution in [2.24, 2.45) is 5.41 Å². The van der Waals surface area contributed by atoms with Gasteiger partial charge in [-0.15, -0.1) is 0 Å². The zero-order chi connectivity index (χ0) is 12.8. The minimum Gasteiger partial charge on any atom is -0.397 e. The lowest BCUT2D eigenvalue weighted by Gasteiger charge is -2.50. The molecular weight excluding hydrogens is 287 g/mol. The van der Waals surface area contributed by atoms with E-state index in [-0.39, 0.29) is 23.4 Å². The van der Waals surface area contributed by atoms with Crippen LogP contribution in [-0.2, 0) is 0 Å². The van der Waals surface area contributed by atoms with Gasteiger partial charge in [0.2, 0.25) is 0 Å². The van der Waals surface area contributed by atoms with Crippen LogP contribution in [0, 0.1) is 11.2 Å². The Labute approximate surface area is 108 Å². The summed E-state index contributed by atoms with van der Waals surface area (Å²) in [6.45, 7) is 3.99. The number of anilines is 2. The van der Waals surface area contributed by atoms with Gasteiger partial charge in [-0.25, -0.2) is 4.39 Å². The summed E-state index contributed by atoms with van der Waals surface area (Å²) in [6, 6.07) is 3.07. The summed E-state index contributed by atoms with van der Waals surface area (Å²) in [5, 5.41) is 12.9. The third-order valence-corrected chi connectivity index (χ3v) is 4.25. The third-order valence-electron chi connectivity index (χ3n) is 3.64. The van der Waals surface area contributed by atoms with Gasteiger partial charge in [0.25, 0.3) is 0 Å². The Balaban J connectivity index is 2.18. The van der Waals surface area contributed by atoms with Gasteiger partial charge in [-0.05, 0) is 28.4 Å². The molecule has 0 radical (unpaired) electrons. The van der Waals surface area contributed by atoms with Crippen LogP contribution in [0.2, 0.25) is 0 Å². The first-order valence-corrected chi connectivity index (χ1v) is 6.31. The Kier molecular flexibility index (Phi) is 3.08. The molecule has 1 fully saturated rings. The molecule has 1 aromatic carbocycles. The molecule has 0 heterocycles. The highest BCUT2D eigenvalue weighted by atomic mass is 79.9. The maximum atomic E-state index is 13.2. The van der Waals surface area contributed by atoms with E-state index in [1.165, 1.54) is 6.07 Å². The van der Waals surface area contributed by atoms with Crippen molar-refractivity contribution in [2.75, 3.05) is 11.1 Å². The summed E-state index contributed by atoms with van der Waals surface area (Å²) in [5.41, 5.74) is 6.64. The Morgan fingerprint density at radius 3 is 2.71 bits per heavy atom. The zero-order valence-electron chi connectivity index (χ0n) is 9.80. The first kappa shape index (κ1) is 12.6. The number of aliphatic hydroxyl groups is 1. The molecule has 1 aromatic rings. The lowest BCUT2D eigenvalue weighted by Crippen LogP contribution is -2.56. The van der Waals surface area contributed by atoms with Crippen molar-refractivity contribution >= 4 is 27.3 Å². The molecule has 0 aliphatic heterocycles. The Hall–Kier alpha value is -0.810. The molecule has 0 saturated heterocycles. The molecule has 1 aliphatic carbocycles. The number of nitrogen functional groups attached to an aromatic ring is 1. The molecule has 2 unspecified atom stereocenters. The van der Waals surface area contributed by atoms with E-state index in [2.05, 4.69) is 21.2 Å². The molecule has 2 atom stereocenters. The second-order valence-electron chi connectivity index (χ2n) is 5.12. The number of halogens is 2. The van der Waals surface area contributed by atoms with Crippen LogP contribution in [-0.4, -0.2) is 17.3 Å². The van der Waals surface area contributed by atoms with Crippen molar-refractivity contribution in [3.05, 3.63) is 22.4 Å². The molecule has 1 saturated carbocycles. The second-order valence-corrected chi connectivity index (χ2v) is 5.98. The lowest BCUT2D eigenvalue weighted by atomic mass is 9.64. The number of hydrogen-bond donors (Lipinski definition) is 3. The van der Waals surface area contributed by atoms with Crippen molar-refractivity contribution in [3.63, 3.8) is 0 Å². The minimum absolute atomic E-state index is 0.150. The number of rotatable bonds is 2. The number of benzene rings is 1. The molecule has 1 aliphatic rings. The summed E-state index contributed by atoms with van der Waals surface area (Å²) >= 11 is 3.13. The van der Waals surface area contributed by atoms with Gasteiger partial charge in [0.15, 0.2) is 0 Å². The maximum Gasteiger partial charge on any atom is 0.139 e. The predicted molar refractivity (Wildman–Crippen MR) is 70.3 cm³/mol. The van der Waals surface area contributed by atoms with E-state index >= 15 is 0 Å². The van der Waals surface area contributed by atoms with Crippen LogP contribution in [0.3, 0.4) is 0 Å². The van der Waals surface area contributed by atoms with E-state index in [0.717, 1.165) is 0 Å². The number of hydrogen-bond acceptors (Lipinski definition) is 3. The fourth-order valence-corrected chi connectivity index (χ4v) is 2.37. The zero-order valence-corrected chi connectivity index (χ0v) is 11.4. The molecule has 94 valence electrons. The summed E-state index contributed by atoms with van der Waals surface area (Å²) in [4.78, 5) is 0. The first-order chi connectivity index (χ1) is 7.82. The normalized spacial score (nSPS) is 26.4. The molecule has 4 N–H and O–H groups in total. The van der Waals surface area contributed by atoms with Crippen LogP contribution in [0.25, 0.3) is 0 Å². The maximum absolute atomic E-state index is 13.2. The molecule has 0 amide bonds. The van der Waals surface area contributed by atoms with Crippen LogP contribution < -0.4 is 11.1 Å². The summed E-state index contributed by atoms with van der Waals surface area (Å²) in [7, 11) is 0. The highest BCUT2D eigenvalue weighted by Gasteiger charge is 2.47. The molecule has 0 bridgehead atoms. The molecule has 3 nitrogen and oxygen atoms in total. The van der Waals surface area contributed by atoms with Crippen molar-refractivity contribution in [1.29, 1.82) is 0 Å². The van der Waals surface area contributed by atoms with Crippen molar-refractivity contribution in [1.82, 2.24) is 0 Å². The number of aliphatic hydroxyl groups excluding tert-OH is 1. The average molecular weight is 303 g/mol. The molecule has 0 aromatic heterocycles. The van der Waals surface area contributed by atoms with Crippen molar-refractivity contribution < 1.29 is 9.50 Å². The van der Waals surface area contributed by atoms with Gasteiger partial charge in [0.05, 0.1) is 22.0 Å². The van der Waals surface area contributed by atoms with Crippen LogP contribution >= 0.6 is 15.9 Å². The van der Waals surface area contributed by atoms with E-state index in [1.54, 1.807) is 6.07 Å². The third kappa shape index (κ3) is 2.13. The van der Waals surface area contributed by atoms with E-state index < -0.39 is 0 Å². The molecular formula is C12H16BrFN2O. The van der Waals surface area contributed by atoms with Crippen LogP contribution in [0.5, 0.6) is 0 Å². The fraction of sp³-hybridized carbons (Fsp3) is 0.500. The van der Waals surface area contributed by atoms with E-state index in [9.17, 15) is 9.50 Å². The van der Waals surface area contributed by atoms with Gasteiger partial charge in [0.1, 0.15) is 5.82 Å². The Morgan fingerprint density at radius 1 is 1.53 bits per heavy atom. The minimum atomic E-state index is -0.374. The predicted octanol–water partition coefficient (Wildman–Crippen LogP) is 2.74.